The fourth-order valence-corrected chi connectivity index (χ4v) is 4.50. The molecule has 0 unspecified atom stereocenters. The maximum absolute atomic E-state index is 13.2. The zero-order valence-corrected chi connectivity index (χ0v) is 16.4. The van der Waals surface area contributed by atoms with E-state index in [1.165, 1.54) is 47.8 Å². The highest BCUT2D eigenvalue weighted by Crippen LogP contribution is 2.29. The first-order valence-electron chi connectivity index (χ1n) is 8.66. The molecule has 1 aliphatic heterocycles. The lowest BCUT2D eigenvalue weighted by Gasteiger charge is -2.26. The Kier molecular flexibility index (Phi) is 5.97. The topological polar surface area (TPSA) is 84.9 Å². The van der Waals surface area contributed by atoms with E-state index in [1.807, 2.05) is 0 Å². The Labute approximate surface area is 163 Å². The molecule has 1 fully saturated rings. The molecule has 0 saturated carbocycles. The summed E-state index contributed by atoms with van der Waals surface area (Å²) in [6.07, 6.45) is 0. The maximum atomic E-state index is 13.2. The van der Waals surface area contributed by atoms with Gasteiger partial charge in [-0.1, -0.05) is 0 Å². The van der Waals surface area contributed by atoms with Crippen molar-refractivity contribution in [1.29, 1.82) is 0 Å². The average molecular weight is 408 g/mol. The molecule has 9 heteroatoms. The Morgan fingerprint density at radius 3 is 2.54 bits per heavy atom. The number of halogens is 1. The summed E-state index contributed by atoms with van der Waals surface area (Å²) < 4.78 is 51.0. The molecule has 0 atom stereocenters. The highest BCUT2D eigenvalue weighted by atomic mass is 32.2. The molecule has 7 nitrogen and oxygen atoms in total. The molecule has 1 amide bonds. The van der Waals surface area contributed by atoms with Crippen LogP contribution in [0, 0.1) is 12.7 Å². The zero-order chi connectivity index (χ0) is 20.3. The second-order valence-corrected chi connectivity index (χ2v) is 8.20. The number of ether oxygens (including phenoxy) is 2. The molecule has 3 rings (SSSR count). The van der Waals surface area contributed by atoms with Crippen LogP contribution in [0.15, 0.2) is 41.3 Å². The van der Waals surface area contributed by atoms with Crippen molar-refractivity contribution >= 4 is 21.6 Å². The number of nitrogens with one attached hydrogen (secondary N) is 1. The smallest absolute Gasteiger partial charge is 0.255 e. The van der Waals surface area contributed by atoms with Gasteiger partial charge in [-0.25, -0.2) is 12.8 Å². The Hall–Kier alpha value is -2.49. The van der Waals surface area contributed by atoms with Gasteiger partial charge in [0.25, 0.3) is 5.91 Å². The fourth-order valence-electron chi connectivity index (χ4n) is 2.91. The average Bonchev–Trinajstić information content (AvgIpc) is 2.70. The lowest BCUT2D eigenvalue weighted by molar-refractivity contribution is 0.0729. The van der Waals surface area contributed by atoms with Gasteiger partial charge in [0.2, 0.25) is 10.0 Å². The fraction of sp³-hybridized carbons (Fsp3) is 0.316. The van der Waals surface area contributed by atoms with Gasteiger partial charge in [-0.3, -0.25) is 4.79 Å². The number of morpholine rings is 1. The predicted octanol–water partition coefficient (Wildman–Crippen LogP) is 2.42. The molecule has 1 aliphatic rings. The van der Waals surface area contributed by atoms with Crippen LogP contribution in [0.25, 0.3) is 0 Å². The lowest BCUT2D eigenvalue weighted by atomic mass is 10.1. The third-order valence-corrected chi connectivity index (χ3v) is 6.37. The van der Waals surface area contributed by atoms with E-state index in [2.05, 4.69) is 5.32 Å². The first kappa shape index (κ1) is 20.2. The van der Waals surface area contributed by atoms with Crippen LogP contribution in [-0.2, 0) is 14.8 Å². The highest BCUT2D eigenvalue weighted by molar-refractivity contribution is 7.89. The number of methoxy groups -OCH3 is 1. The van der Waals surface area contributed by atoms with Crippen molar-refractivity contribution in [2.75, 3.05) is 38.7 Å². The van der Waals surface area contributed by atoms with Crippen LogP contribution in [0.2, 0.25) is 0 Å². The van der Waals surface area contributed by atoms with Crippen molar-refractivity contribution in [3.63, 3.8) is 0 Å². The molecule has 0 aromatic heterocycles. The number of carbonyl (C=O) groups excluding carboxylic acids is 1. The van der Waals surface area contributed by atoms with Crippen LogP contribution in [0.5, 0.6) is 5.75 Å². The number of anilines is 1. The Bertz CT molecular complexity index is 988. The van der Waals surface area contributed by atoms with E-state index in [0.717, 1.165) is 0 Å². The summed E-state index contributed by atoms with van der Waals surface area (Å²) in [5.74, 6) is -0.754. The van der Waals surface area contributed by atoms with E-state index in [1.54, 1.807) is 6.92 Å². The van der Waals surface area contributed by atoms with E-state index >= 15 is 0 Å². The molecule has 28 heavy (non-hydrogen) atoms. The number of amides is 1. The number of sulfonamides is 1. The molecular weight excluding hydrogens is 387 g/mol. The number of nitrogens with zero attached hydrogens (tertiary/aromatic N) is 1. The SMILES string of the molecule is COc1ccc(C(=O)Nc2ccc(F)cc2C)cc1S(=O)(=O)N1CCOCC1. The Balaban J connectivity index is 1.92. The molecular formula is C19H21FN2O5S. The van der Waals surface area contributed by atoms with E-state index in [0.29, 0.717) is 24.5 Å². The first-order chi connectivity index (χ1) is 13.3. The monoisotopic (exact) mass is 408 g/mol. The van der Waals surface area contributed by atoms with Crippen LogP contribution in [0.3, 0.4) is 0 Å². The quantitative estimate of drug-likeness (QED) is 0.821. The number of hydrogen-bond donors (Lipinski definition) is 1. The van der Waals surface area contributed by atoms with Gasteiger partial charge in [0, 0.05) is 24.3 Å². The van der Waals surface area contributed by atoms with Gasteiger partial charge in [-0.2, -0.15) is 4.31 Å². The number of rotatable bonds is 5. The zero-order valence-electron chi connectivity index (χ0n) is 15.6. The third-order valence-electron chi connectivity index (χ3n) is 4.45. The van der Waals surface area contributed by atoms with Gasteiger partial charge in [-0.15, -0.1) is 0 Å². The van der Waals surface area contributed by atoms with Crippen molar-refractivity contribution < 1.29 is 27.1 Å². The maximum Gasteiger partial charge on any atom is 0.255 e. The van der Waals surface area contributed by atoms with Crippen LogP contribution in [0.1, 0.15) is 15.9 Å². The van der Waals surface area contributed by atoms with Crippen LogP contribution in [0.4, 0.5) is 10.1 Å². The molecule has 1 saturated heterocycles. The highest BCUT2D eigenvalue weighted by Gasteiger charge is 2.30. The Morgan fingerprint density at radius 2 is 1.89 bits per heavy atom. The molecule has 0 bridgehead atoms. The van der Waals surface area contributed by atoms with Gasteiger partial charge < -0.3 is 14.8 Å². The minimum atomic E-state index is -3.85. The summed E-state index contributed by atoms with van der Waals surface area (Å²) >= 11 is 0. The molecule has 1 N–H and O–H groups in total. The minimum absolute atomic E-state index is 0.0830. The molecule has 2 aromatic carbocycles. The second kappa shape index (κ2) is 8.26. The Morgan fingerprint density at radius 1 is 1.18 bits per heavy atom. The van der Waals surface area contributed by atoms with Crippen molar-refractivity contribution in [2.45, 2.75) is 11.8 Å². The molecule has 0 spiro atoms. The van der Waals surface area contributed by atoms with Gasteiger partial charge in [0.15, 0.2) is 0 Å². The van der Waals surface area contributed by atoms with Crippen LogP contribution < -0.4 is 10.1 Å². The normalized spacial score (nSPS) is 15.2. The molecule has 150 valence electrons. The predicted molar refractivity (Wildman–Crippen MR) is 102 cm³/mol. The van der Waals surface area contributed by atoms with Crippen LogP contribution >= 0.6 is 0 Å². The van der Waals surface area contributed by atoms with Gasteiger partial charge >= 0.3 is 0 Å². The van der Waals surface area contributed by atoms with E-state index < -0.39 is 21.7 Å². The molecule has 1 heterocycles. The summed E-state index contributed by atoms with van der Waals surface area (Å²) in [6.45, 7) is 2.76. The molecule has 2 aromatic rings. The third kappa shape index (κ3) is 4.16. The lowest BCUT2D eigenvalue weighted by Crippen LogP contribution is -2.40. The number of hydrogen-bond acceptors (Lipinski definition) is 5. The first-order valence-corrected chi connectivity index (χ1v) is 10.1. The summed E-state index contributed by atoms with van der Waals surface area (Å²) in [4.78, 5) is 12.5. The summed E-state index contributed by atoms with van der Waals surface area (Å²) in [5.41, 5.74) is 1.15. The number of benzene rings is 2. The van der Waals surface area contributed by atoms with Crippen molar-refractivity contribution in [3.8, 4) is 5.75 Å². The van der Waals surface area contributed by atoms with Gasteiger partial charge in [0.05, 0.1) is 20.3 Å². The molecule has 0 aliphatic carbocycles. The number of aryl methyl sites for hydroxylation is 1. The van der Waals surface area contributed by atoms with Crippen molar-refractivity contribution in [3.05, 3.63) is 53.3 Å². The van der Waals surface area contributed by atoms with E-state index in [4.69, 9.17) is 9.47 Å². The van der Waals surface area contributed by atoms with Crippen molar-refractivity contribution in [2.24, 2.45) is 0 Å². The standard InChI is InChI=1S/C19H21FN2O5S/c1-13-11-15(20)4-5-16(13)21-19(23)14-3-6-17(26-2)18(12-14)28(24,25)22-7-9-27-10-8-22/h3-6,11-12H,7-10H2,1-2H3,(H,21,23). The minimum Gasteiger partial charge on any atom is -0.495 e. The largest absolute Gasteiger partial charge is 0.495 e. The molecule has 0 radical (unpaired) electrons. The van der Waals surface area contributed by atoms with Gasteiger partial charge in [0.1, 0.15) is 16.5 Å². The summed E-state index contributed by atoms with van der Waals surface area (Å²) in [7, 11) is -2.48. The summed E-state index contributed by atoms with van der Waals surface area (Å²) in [5, 5.41) is 2.67. The summed E-state index contributed by atoms with van der Waals surface area (Å²) in [6, 6.07) is 8.21. The second-order valence-electron chi connectivity index (χ2n) is 6.30. The van der Waals surface area contributed by atoms with Crippen LogP contribution in [-0.4, -0.2) is 52.0 Å². The van der Waals surface area contributed by atoms with E-state index in [-0.39, 0.29) is 29.3 Å². The van der Waals surface area contributed by atoms with Crippen molar-refractivity contribution in [1.82, 2.24) is 4.31 Å². The van der Waals surface area contributed by atoms with E-state index in [9.17, 15) is 17.6 Å². The number of carbonyl (C=O) groups is 1. The van der Waals surface area contributed by atoms with Gasteiger partial charge in [-0.05, 0) is 48.9 Å².